The first kappa shape index (κ1) is 18.6. The number of benzene rings is 1. The van der Waals surface area contributed by atoms with E-state index in [0.717, 1.165) is 47.3 Å². The molecule has 3 rings (SSSR count). The molecule has 1 fully saturated rings. The van der Waals surface area contributed by atoms with Gasteiger partial charge < -0.3 is 14.5 Å². The van der Waals surface area contributed by atoms with Crippen LogP contribution in [0.3, 0.4) is 0 Å². The Kier molecular flexibility index (Phi) is 5.77. The van der Waals surface area contributed by atoms with Gasteiger partial charge in [0.15, 0.2) is 0 Å². The number of hydrogen-bond acceptors (Lipinski definition) is 4. The molecule has 5 heteroatoms. The van der Waals surface area contributed by atoms with E-state index in [2.05, 4.69) is 31.2 Å². The fourth-order valence-corrected chi connectivity index (χ4v) is 3.60. The molecule has 26 heavy (non-hydrogen) atoms. The first-order chi connectivity index (χ1) is 12.5. The van der Waals surface area contributed by atoms with Crippen molar-refractivity contribution in [1.29, 1.82) is 0 Å². The van der Waals surface area contributed by atoms with Crippen LogP contribution in [0.2, 0.25) is 0 Å². The van der Waals surface area contributed by atoms with Crippen LogP contribution in [-0.4, -0.2) is 49.1 Å². The van der Waals surface area contributed by atoms with Gasteiger partial charge >= 0.3 is 0 Å². The van der Waals surface area contributed by atoms with E-state index in [4.69, 9.17) is 9.72 Å². The summed E-state index contributed by atoms with van der Waals surface area (Å²) in [5, 5.41) is 1.12. The summed E-state index contributed by atoms with van der Waals surface area (Å²) in [6.45, 7) is 6.03. The highest BCUT2D eigenvalue weighted by atomic mass is 16.5. The van der Waals surface area contributed by atoms with Crippen molar-refractivity contribution in [1.82, 2.24) is 9.88 Å². The van der Waals surface area contributed by atoms with Crippen molar-refractivity contribution in [2.45, 2.75) is 45.8 Å². The highest BCUT2D eigenvalue weighted by Gasteiger charge is 2.23. The molecule has 1 aromatic carbocycles. The summed E-state index contributed by atoms with van der Waals surface area (Å²) in [6.07, 6.45) is 2.77. The largest absolute Gasteiger partial charge is 0.376 e. The van der Waals surface area contributed by atoms with E-state index in [1.165, 1.54) is 0 Å². The minimum Gasteiger partial charge on any atom is -0.376 e. The third-order valence-electron chi connectivity index (χ3n) is 4.99. The number of fused-ring (bicyclic) bond motifs is 1. The molecule has 0 unspecified atom stereocenters. The standard InChI is InChI=1S/C21H29N3O2/c1-5-19(25)24(14-18-10-7-11-26-18)13-17-12-16-9-6-8-15(2)20(16)22-21(17)23(3)4/h6,8-9,12,18H,5,7,10-11,13-14H2,1-4H3/t18-/m1/s1. The number of aryl methyl sites for hydroxylation is 1. The molecule has 1 saturated heterocycles. The number of carbonyl (C=O) groups is 1. The Morgan fingerprint density at radius 3 is 2.81 bits per heavy atom. The second kappa shape index (κ2) is 8.04. The second-order valence-corrected chi connectivity index (χ2v) is 7.28. The first-order valence-corrected chi connectivity index (χ1v) is 9.45. The van der Waals surface area contributed by atoms with Gasteiger partial charge in [0.1, 0.15) is 5.82 Å². The Balaban J connectivity index is 1.95. The molecule has 1 aliphatic heterocycles. The van der Waals surface area contributed by atoms with Crippen molar-refractivity contribution in [3.05, 3.63) is 35.4 Å². The Morgan fingerprint density at radius 1 is 1.35 bits per heavy atom. The molecule has 2 heterocycles. The van der Waals surface area contributed by atoms with Gasteiger partial charge in [-0.15, -0.1) is 0 Å². The number of para-hydroxylation sites is 1. The normalized spacial score (nSPS) is 16.8. The summed E-state index contributed by atoms with van der Waals surface area (Å²) >= 11 is 0. The lowest BCUT2D eigenvalue weighted by atomic mass is 10.1. The lowest BCUT2D eigenvalue weighted by Crippen LogP contribution is -2.37. The van der Waals surface area contributed by atoms with Crippen molar-refractivity contribution in [3.8, 4) is 0 Å². The minimum atomic E-state index is 0.156. The average molecular weight is 355 g/mol. The average Bonchev–Trinajstić information content (AvgIpc) is 3.13. The number of hydrogen-bond donors (Lipinski definition) is 0. The zero-order valence-electron chi connectivity index (χ0n) is 16.3. The highest BCUT2D eigenvalue weighted by Crippen LogP contribution is 2.26. The first-order valence-electron chi connectivity index (χ1n) is 9.45. The van der Waals surface area contributed by atoms with E-state index in [9.17, 15) is 4.79 Å². The Morgan fingerprint density at radius 2 is 2.15 bits per heavy atom. The summed E-state index contributed by atoms with van der Waals surface area (Å²) in [7, 11) is 4.00. The topological polar surface area (TPSA) is 45.7 Å². The van der Waals surface area contributed by atoms with Crippen LogP contribution in [0.15, 0.2) is 24.3 Å². The van der Waals surface area contributed by atoms with Crippen molar-refractivity contribution in [2.75, 3.05) is 32.1 Å². The zero-order chi connectivity index (χ0) is 18.7. The van der Waals surface area contributed by atoms with Crippen LogP contribution in [0, 0.1) is 6.92 Å². The van der Waals surface area contributed by atoms with E-state index in [-0.39, 0.29) is 12.0 Å². The summed E-state index contributed by atoms with van der Waals surface area (Å²) in [5.41, 5.74) is 3.26. The summed E-state index contributed by atoms with van der Waals surface area (Å²) in [5.74, 6) is 1.09. The summed E-state index contributed by atoms with van der Waals surface area (Å²) < 4.78 is 5.76. The number of anilines is 1. The van der Waals surface area contributed by atoms with E-state index in [1.807, 2.05) is 30.8 Å². The van der Waals surface area contributed by atoms with Crippen LogP contribution in [0.4, 0.5) is 5.82 Å². The fourth-order valence-electron chi connectivity index (χ4n) is 3.60. The second-order valence-electron chi connectivity index (χ2n) is 7.28. The van der Waals surface area contributed by atoms with Crippen LogP contribution in [0.5, 0.6) is 0 Å². The maximum Gasteiger partial charge on any atom is 0.222 e. The number of amides is 1. The Hall–Kier alpha value is -2.14. The van der Waals surface area contributed by atoms with Crippen molar-refractivity contribution < 1.29 is 9.53 Å². The molecule has 2 aromatic rings. The number of nitrogens with zero attached hydrogens (tertiary/aromatic N) is 3. The number of pyridine rings is 1. The van der Waals surface area contributed by atoms with Gasteiger partial charge in [-0.1, -0.05) is 25.1 Å². The molecule has 1 aromatic heterocycles. The molecule has 5 nitrogen and oxygen atoms in total. The molecular formula is C21H29N3O2. The van der Waals surface area contributed by atoms with Gasteiger partial charge in [-0.05, 0) is 31.4 Å². The van der Waals surface area contributed by atoms with Crippen LogP contribution < -0.4 is 4.90 Å². The van der Waals surface area contributed by atoms with Crippen LogP contribution in [0.25, 0.3) is 10.9 Å². The molecule has 0 spiro atoms. The highest BCUT2D eigenvalue weighted by molar-refractivity contribution is 5.85. The smallest absolute Gasteiger partial charge is 0.222 e. The molecule has 1 atom stereocenters. The Bertz CT molecular complexity index is 782. The number of carbonyl (C=O) groups excluding carboxylic acids is 1. The number of ether oxygens (including phenoxy) is 1. The molecule has 1 amide bonds. The summed E-state index contributed by atoms with van der Waals surface area (Å²) in [4.78, 5) is 21.4. The van der Waals surface area contributed by atoms with E-state index < -0.39 is 0 Å². The number of rotatable bonds is 6. The molecule has 1 aliphatic rings. The van der Waals surface area contributed by atoms with Gasteiger partial charge in [-0.25, -0.2) is 4.98 Å². The Labute approximate surface area is 156 Å². The van der Waals surface area contributed by atoms with Crippen molar-refractivity contribution in [2.24, 2.45) is 0 Å². The van der Waals surface area contributed by atoms with Crippen LogP contribution in [0.1, 0.15) is 37.3 Å². The van der Waals surface area contributed by atoms with E-state index in [1.54, 1.807) is 0 Å². The number of aromatic nitrogens is 1. The molecule has 0 bridgehead atoms. The van der Waals surface area contributed by atoms with Gasteiger partial charge in [0.25, 0.3) is 0 Å². The van der Waals surface area contributed by atoms with E-state index >= 15 is 0 Å². The monoisotopic (exact) mass is 355 g/mol. The fraction of sp³-hybridized carbons (Fsp3) is 0.524. The van der Waals surface area contributed by atoms with Crippen molar-refractivity contribution in [3.63, 3.8) is 0 Å². The van der Waals surface area contributed by atoms with Gasteiger partial charge in [0.05, 0.1) is 11.6 Å². The maximum absolute atomic E-state index is 12.5. The van der Waals surface area contributed by atoms with Gasteiger partial charge in [0.2, 0.25) is 5.91 Å². The van der Waals surface area contributed by atoms with Crippen LogP contribution in [-0.2, 0) is 16.1 Å². The van der Waals surface area contributed by atoms with Crippen LogP contribution >= 0.6 is 0 Å². The van der Waals surface area contributed by atoms with E-state index in [0.29, 0.717) is 19.5 Å². The lowest BCUT2D eigenvalue weighted by molar-refractivity contribution is -0.133. The molecule has 0 saturated carbocycles. The molecular weight excluding hydrogens is 326 g/mol. The van der Waals surface area contributed by atoms with Crippen molar-refractivity contribution >= 4 is 22.6 Å². The SMILES string of the molecule is CCC(=O)N(Cc1cc2cccc(C)c2nc1N(C)C)C[C@H]1CCCO1. The quantitative estimate of drug-likeness (QED) is 0.795. The molecule has 0 radical (unpaired) electrons. The summed E-state index contributed by atoms with van der Waals surface area (Å²) in [6, 6.07) is 8.40. The lowest BCUT2D eigenvalue weighted by Gasteiger charge is -2.27. The predicted octanol–water partition coefficient (Wildman–Crippen LogP) is 3.53. The molecule has 0 N–H and O–H groups in total. The molecule has 0 aliphatic carbocycles. The van der Waals surface area contributed by atoms with Gasteiger partial charge in [-0.3, -0.25) is 4.79 Å². The van der Waals surface area contributed by atoms with Gasteiger partial charge in [-0.2, -0.15) is 0 Å². The third kappa shape index (κ3) is 3.98. The zero-order valence-corrected chi connectivity index (χ0v) is 16.3. The molecule has 140 valence electrons. The predicted molar refractivity (Wildman–Crippen MR) is 105 cm³/mol. The third-order valence-corrected chi connectivity index (χ3v) is 4.99. The minimum absolute atomic E-state index is 0.156. The maximum atomic E-state index is 12.5. The van der Waals surface area contributed by atoms with Gasteiger partial charge in [0, 0.05) is 51.2 Å².